The van der Waals surface area contributed by atoms with Gasteiger partial charge in [0, 0.05) is 18.3 Å². The molecule has 0 spiro atoms. The number of carbonyl (C=O) groups excluding carboxylic acids is 1. The fourth-order valence-corrected chi connectivity index (χ4v) is 3.50. The number of aromatic nitrogens is 4. The van der Waals surface area contributed by atoms with E-state index in [0.29, 0.717) is 11.5 Å². The number of carbonyl (C=O) groups is 1. The van der Waals surface area contributed by atoms with Crippen molar-refractivity contribution in [3.8, 4) is 0 Å². The smallest absolute Gasteiger partial charge is 0.368 e. The van der Waals surface area contributed by atoms with Gasteiger partial charge in [0.2, 0.25) is 0 Å². The Kier molecular flexibility index (Phi) is 4.70. The molecule has 1 saturated carbocycles. The number of amides is 1. The van der Waals surface area contributed by atoms with Crippen LogP contribution in [0.4, 0.5) is 19.0 Å². The van der Waals surface area contributed by atoms with Crippen molar-refractivity contribution < 1.29 is 18.0 Å². The monoisotopic (exact) mass is 392 g/mol. The summed E-state index contributed by atoms with van der Waals surface area (Å²) < 4.78 is 40.2. The van der Waals surface area contributed by atoms with Crippen molar-refractivity contribution in [3.05, 3.63) is 48.3 Å². The van der Waals surface area contributed by atoms with Crippen LogP contribution in [0.1, 0.15) is 41.9 Å². The molecule has 1 aliphatic rings. The van der Waals surface area contributed by atoms with Gasteiger partial charge in [-0.3, -0.25) is 9.20 Å². The van der Waals surface area contributed by atoms with Gasteiger partial charge in [-0.1, -0.05) is 6.07 Å². The molecule has 3 N–H and O–H groups in total. The number of H-pyrrole nitrogens is 1. The number of nitrogens with one attached hydrogen (secondary N) is 3. The van der Waals surface area contributed by atoms with Crippen LogP contribution in [0.5, 0.6) is 0 Å². The van der Waals surface area contributed by atoms with Crippen LogP contribution in [0.2, 0.25) is 0 Å². The lowest BCUT2D eigenvalue weighted by molar-refractivity contribution is -0.140. The molecule has 1 fully saturated rings. The average molecular weight is 392 g/mol. The van der Waals surface area contributed by atoms with E-state index in [1.165, 1.54) is 16.9 Å². The fourth-order valence-electron chi connectivity index (χ4n) is 3.50. The predicted molar refractivity (Wildman–Crippen MR) is 95.9 cm³/mol. The molecule has 7 nitrogen and oxygen atoms in total. The number of anilines is 1. The van der Waals surface area contributed by atoms with Gasteiger partial charge in [-0.25, -0.2) is 9.97 Å². The van der Waals surface area contributed by atoms with Crippen LogP contribution in [0.15, 0.2) is 36.9 Å². The van der Waals surface area contributed by atoms with Gasteiger partial charge >= 0.3 is 6.18 Å². The molecule has 1 aliphatic carbocycles. The van der Waals surface area contributed by atoms with Gasteiger partial charge in [-0.05, 0) is 37.8 Å². The fraction of sp³-hybridized carbons (Fsp3) is 0.389. The zero-order valence-electron chi connectivity index (χ0n) is 14.8. The summed E-state index contributed by atoms with van der Waals surface area (Å²) >= 11 is 0. The molecular formula is C18H19F3N6O. The molecule has 0 bridgehead atoms. The summed E-state index contributed by atoms with van der Waals surface area (Å²) in [4.78, 5) is 22.3. The van der Waals surface area contributed by atoms with Crippen LogP contribution in [-0.2, 0) is 6.18 Å². The first-order valence-electron chi connectivity index (χ1n) is 9.01. The molecule has 0 atom stereocenters. The number of hydrogen-bond donors (Lipinski definition) is 3. The number of hydrogen-bond acceptors (Lipinski definition) is 4. The Balaban J connectivity index is 1.38. The normalized spacial score (nSPS) is 20.2. The first kappa shape index (κ1) is 18.3. The van der Waals surface area contributed by atoms with E-state index in [1.54, 1.807) is 18.2 Å². The highest BCUT2D eigenvalue weighted by Crippen LogP contribution is 2.30. The molecule has 0 unspecified atom stereocenters. The third kappa shape index (κ3) is 3.80. The Hall–Kier alpha value is -3.04. The topological polar surface area (TPSA) is 87.1 Å². The van der Waals surface area contributed by atoms with Crippen LogP contribution >= 0.6 is 0 Å². The molecule has 3 heterocycles. The third-order valence-electron chi connectivity index (χ3n) is 4.94. The highest BCUT2D eigenvalue weighted by Gasteiger charge is 2.34. The molecular weight excluding hydrogens is 373 g/mol. The maximum atomic E-state index is 12.9. The van der Waals surface area contributed by atoms with Gasteiger partial charge in [-0.15, -0.1) is 0 Å². The quantitative estimate of drug-likeness (QED) is 0.636. The number of imidazole rings is 2. The Bertz CT molecular complexity index is 958. The van der Waals surface area contributed by atoms with Crippen molar-refractivity contribution in [2.75, 3.05) is 5.32 Å². The second-order valence-electron chi connectivity index (χ2n) is 6.89. The van der Waals surface area contributed by atoms with Crippen molar-refractivity contribution in [2.24, 2.45) is 0 Å². The van der Waals surface area contributed by atoms with Crippen LogP contribution in [0.3, 0.4) is 0 Å². The van der Waals surface area contributed by atoms with Gasteiger partial charge in [0.15, 0.2) is 5.69 Å². The maximum absolute atomic E-state index is 12.9. The van der Waals surface area contributed by atoms with E-state index in [2.05, 4.69) is 25.6 Å². The molecule has 1 amide bonds. The zero-order valence-corrected chi connectivity index (χ0v) is 14.8. The molecule has 10 heteroatoms. The molecule has 0 saturated heterocycles. The van der Waals surface area contributed by atoms with Crippen LogP contribution in [-0.4, -0.2) is 37.3 Å². The summed E-state index contributed by atoms with van der Waals surface area (Å²) in [5.74, 6) is 0.391. The Labute approximate surface area is 158 Å². The number of halogens is 3. The maximum Gasteiger partial charge on any atom is 0.434 e. The molecule has 4 rings (SSSR count). The number of nitrogens with zero attached hydrogens (tertiary/aromatic N) is 3. The molecule has 0 aromatic carbocycles. The number of alkyl halides is 3. The van der Waals surface area contributed by atoms with Gasteiger partial charge in [-0.2, -0.15) is 13.2 Å². The van der Waals surface area contributed by atoms with Gasteiger partial charge in [0.1, 0.15) is 17.2 Å². The Morgan fingerprint density at radius 3 is 2.61 bits per heavy atom. The number of aromatic amines is 1. The molecule has 3 aromatic rings. The first-order valence-corrected chi connectivity index (χ1v) is 9.01. The van der Waals surface area contributed by atoms with Crippen LogP contribution in [0.25, 0.3) is 5.65 Å². The van der Waals surface area contributed by atoms with Gasteiger partial charge in [0.05, 0.1) is 12.5 Å². The van der Waals surface area contributed by atoms with Crippen molar-refractivity contribution in [2.45, 2.75) is 43.9 Å². The SMILES string of the molecule is O=C(N[C@H]1CC[C@@H](Nc2cccc3nc(C(F)(F)F)cn23)CC1)c1cnc[nH]1. The van der Waals surface area contributed by atoms with Crippen molar-refractivity contribution in [1.29, 1.82) is 0 Å². The van der Waals surface area contributed by atoms with Crippen molar-refractivity contribution in [3.63, 3.8) is 0 Å². The van der Waals surface area contributed by atoms with E-state index in [1.807, 2.05) is 0 Å². The minimum Gasteiger partial charge on any atom is -0.368 e. The first-order chi connectivity index (χ1) is 13.4. The van der Waals surface area contributed by atoms with E-state index in [0.717, 1.165) is 31.9 Å². The third-order valence-corrected chi connectivity index (χ3v) is 4.94. The minimum absolute atomic E-state index is 0.0646. The molecule has 0 aliphatic heterocycles. The number of fused-ring (bicyclic) bond motifs is 1. The standard InChI is InChI=1S/C18H19F3N6O/c19-18(20,21)14-9-27-15(2-1-3-16(27)26-14)24-11-4-6-12(7-5-11)25-17(28)13-8-22-10-23-13/h1-3,8-12,24H,4-7H2,(H,22,23)(H,25,28)/t11-,12+. The lowest BCUT2D eigenvalue weighted by Gasteiger charge is -2.30. The van der Waals surface area contributed by atoms with Gasteiger partial charge in [0.25, 0.3) is 5.91 Å². The predicted octanol–water partition coefficient (Wildman–Crippen LogP) is 3.23. The Morgan fingerprint density at radius 2 is 1.93 bits per heavy atom. The molecule has 148 valence electrons. The zero-order chi connectivity index (χ0) is 19.7. The molecule has 0 radical (unpaired) electrons. The van der Waals surface area contributed by atoms with Gasteiger partial charge < -0.3 is 15.6 Å². The van der Waals surface area contributed by atoms with Crippen LogP contribution < -0.4 is 10.6 Å². The highest BCUT2D eigenvalue weighted by molar-refractivity contribution is 5.92. The van der Waals surface area contributed by atoms with E-state index < -0.39 is 11.9 Å². The van der Waals surface area contributed by atoms with E-state index in [9.17, 15) is 18.0 Å². The average Bonchev–Trinajstić information content (AvgIpc) is 3.33. The summed E-state index contributed by atoms with van der Waals surface area (Å²) in [6.45, 7) is 0. The lowest BCUT2D eigenvalue weighted by Crippen LogP contribution is -2.40. The second kappa shape index (κ2) is 7.17. The van der Waals surface area contributed by atoms with E-state index in [-0.39, 0.29) is 23.6 Å². The molecule has 3 aromatic heterocycles. The number of pyridine rings is 1. The largest absolute Gasteiger partial charge is 0.434 e. The molecule has 28 heavy (non-hydrogen) atoms. The summed E-state index contributed by atoms with van der Waals surface area (Å²) in [6, 6.07) is 5.14. The van der Waals surface area contributed by atoms with E-state index in [4.69, 9.17) is 0 Å². The summed E-state index contributed by atoms with van der Waals surface area (Å²) in [6.07, 6.45) is 2.62. The van der Waals surface area contributed by atoms with Crippen molar-refractivity contribution >= 4 is 17.4 Å². The van der Waals surface area contributed by atoms with E-state index >= 15 is 0 Å². The summed E-state index contributed by atoms with van der Waals surface area (Å²) in [5, 5.41) is 6.29. The Morgan fingerprint density at radius 1 is 1.18 bits per heavy atom. The van der Waals surface area contributed by atoms with Crippen molar-refractivity contribution in [1.82, 2.24) is 24.7 Å². The highest BCUT2D eigenvalue weighted by atomic mass is 19.4. The summed E-state index contributed by atoms with van der Waals surface area (Å²) in [5.41, 5.74) is -0.239. The second-order valence-corrected chi connectivity index (χ2v) is 6.89. The lowest BCUT2D eigenvalue weighted by atomic mass is 9.91. The minimum atomic E-state index is -4.48. The number of rotatable bonds is 4. The van der Waals surface area contributed by atoms with Crippen LogP contribution in [0, 0.1) is 0 Å². The summed E-state index contributed by atoms with van der Waals surface area (Å²) in [7, 11) is 0.